The molecule has 0 unspecified atom stereocenters. The summed E-state index contributed by atoms with van der Waals surface area (Å²) in [4.78, 5) is 32.4. The van der Waals surface area contributed by atoms with Crippen molar-refractivity contribution >= 4 is 50.6 Å². The molecule has 0 saturated heterocycles. The predicted octanol–water partition coefficient (Wildman–Crippen LogP) is 5.18. The number of fused-ring (bicyclic) bond motifs is 1. The fourth-order valence-electron chi connectivity index (χ4n) is 3.04. The van der Waals surface area contributed by atoms with Crippen molar-refractivity contribution in [2.24, 2.45) is 0 Å². The van der Waals surface area contributed by atoms with Crippen LogP contribution < -0.4 is 10.9 Å². The maximum Gasteiger partial charge on any atom is 0.268 e. The number of nitrogens with one attached hydrogen (secondary N) is 1. The van der Waals surface area contributed by atoms with E-state index in [1.807, 2.05) is 67.1 Å². The van der Waals surface area contributed by atoms with Crippen LogP contribution in [0, 0.1) is 0 Å². The monoisotopic (exact) mass is 455 g/mol. The summed E-state index contributed by atoms with van der Waals surface area (Å²) in [5.74, 6) is 0.145. The number of benzene rings is 1. The minimum absolute atomic E-state index is 0.0613. The third-order valence-electron chi connectivity index (χ3n) is 4.73. The highest BCUT2D eigenvalue weighted by Gasteiger charge is 2.19. The van der Waals surface area contributed by atoms with E-state index >= 15 is 0 Å². The Morgan fingerprint density at radius 1 is 1.20 bits per heavy atom. The number of thiophene rings is 2. The first kappa shape index (κ1) is 20.8. The molecule has 5 nitrogen and oxygen atoms in total. The second-order valence-corrected chi connectivity index (χ2v) is 9.59. The summed E-state index contributed by atoms with van der Waals surface area (Å²) in [6, 6.07) is 13.6. The SMILES string of the molecule is CC[C@H](C)NC(=O)CSc1nc2scc(-c3cccs3)c2c(=O)n1-c1ccccc1. The molecule has 1 aromatic carbocycles. The zero-order valence-electron chi connectivity index (χ0n) is 16.6. The zero-order chi connectivity index (χ0) is 21.1. The highest BCUT2D eigenvalue weighted by atomic mass is 32.2. The van der Waals surface area contributed by atoms with Crippen molar-refractivity contribution in [3.05, 3.63) is 63.6 Å². The van der Waals surface area contributed by atoms with E-state index in [1.165, 1.54) is 23.1 Å². The quantitative estimate of drug-likeness (QED) is 0.308. The van der Waals surface area contributed by atoms with Crippen LogP contribution in [-0.2, 0) is 4.79 Å². The predicted molar refractivity (Wildman–Crippen MR) is 127 cm³/mol. The van der Waals surface area contributed by atoms with E-state index in [9.17, 15) is 9.59 Å². The largest absolute Gasteiger partial charge is 0.353 e. The second kappa shape index (κ2) is 9.16. The third-order valence-corrected chi connectivity index (χ3v) is 7.44. The zero-order valence-corrected chi connectivity index (χ0v) is 19.1. The molecule has 3 heterocycles. The molecule has 30 heavy (non-hydrogen) atoms. The van der Waals surface area contributed by atoms with Crippen molar-refractivity contribution in [2.75, 3.05) is 5.75 Å². The standard InChI is InChI=1S/C22H21N3O2S3/c1-3-14(2)23-18(26)13-30-22-24-20-19(16(12-29-20)17-10-7-11-28-17)21(27)25(22)15-8-5-4-6-9-15/h4-12,14H,3,13H2,1-2H3,(H,23,26)/t14-/m0/s1. The van der Waals surface area contributed by atoms with Gasteiger partial charge in [-0.1, -0.05) is 43.0 Å². The molecule has 0 saturated carbocycles. The summed E-state index contributed by atoms with van der Waals surface area (Å²) in [6.45, 7) is 4.01. The molecule has 1 atom stereocenters. The number of rotatable bonds is 7. The van der Waals surface area contributed by atoms with Crippen molar-refractivity contribution in [3.8, 4) is 16.1 Å². The molecule has 3 aromatic heterocycles. The number of thioether (sulfide) groups is 1. The Morgan fingerprint density at radius 2 is 2.00 bits per heavy atom. The van der Waals surface area contributed by atoms with Crippen LogP contribution in [0.2, 0.25) is 0 Å². The maximum absolute atomic E-state index is 13.6. The molecule has 8 heteroatoms. The molecule has 154 valence electrons. The van der Waals surface area contributed by atoms with Crippen LogP contribution in [0.1, 0.15) is 20.3 Å². The van der Waals surface area contributed by atoms with Gasteiger partial charge in [-0.05, 0) is 36.9 Å². The summed E-state index contributed by atoms with van der Waals surface area (Å²) < 4.78 is 1.62. The lowest BCUT2D eigenvalue weighted by Crippen LogP contribution is -2.33. The van der Waals surface area contributed by atoms with Crippen LogP contribution in [0.3, 0.4) is 0 Å². The molecule has 0 bridgehead atoms. The summed E-state index contributed by atoms with van der Waals surface area (Å²) >= 11 is 4.35. The Bertz CT molecular complexity index is 1210. The Hall–Kier alpha value is -2.42. The number of para-hydroxylation sites is 1. The molecule has 0 aliphatic heterocycles. The summed E-state index contributed by atoms with van der Waals surface area (Å²) in [5, 5.41) is 8.11. The van der Waals surface area contributed by atoms with Gasteiger partial charge in [-0.15, -0.1) is 22.7 Å². The lowest BCUT2D eigenvalue weighted by atomic mass is 10.2. The first-order chi connectivity index (χ1) is 14.6. The van der Waals surface area contributed by atoms with Crippen LogP contribution in [0.5, 0.6) is 0 Å². The van der Waals surface area contributed by atoms with E-state index in [4.69, 9.17) is 4.98 Å². The van der Waals surface area contributed by atoms with Crippen LogP contribution in [0.15, 0.2) is 63.2 Å². The van der Waals surface area contributed by atoms with Gasteiger partial charge in [0, 0.05) is 21.9 Å². The van der Waals surface area contributed by atoms with E-state index in [0.717, 1.165) is 22.5 Å². The van der Waals surface area contributed by atoms with Crippen LogP contribution in [-0.4, -0.2) is 27.3 Å². The van der Waals surface area contributed by atoms with Crippen molar-refractivity contribution in [3.63, 3.8) is 0 Å². The van der Waals surface area contributed by atoms with Crippen molar-refractivity contribution < 1.29 is 4.79 Å². The summed E-state index contributed by atoms with van der Waals surface area (Å²) in [6.07, 6.45) is 0.871. The maximum atomic E-state index is 13.6. The molecule has 4 aromatic rings. The number of carbonyl (C=O) groups excluding carboxylic acids is 1. The van der Waals surface area contributed by atoms with Gasteiger partial charge in [0.2, 0.25) is 5.91 Å². The number of hydrogen-bond acceptors (Lipinski definition) is 6. The van der Waals surface area contributed by atoms with Crippen molar-refractivity contribution in [1.29, 1.82) is 0 Å². The molecular formula is C22H21N3O2S3. The molecule has 0 fully saturated rings. The Balaban J connectivity index is 1.80. The van der Waals surface area contributed by atoms with E-state index in [0.29, 0.717) is 15.4 Å². The van der Waals surface area contributed by atoms with E-state index in [2.05, 4.69) is 5.32 Å². The third kappa shape index (κ3) is 4.21. The Morgan fingerprint density at radius 3 is 2.70 bits per heavy atom. The van der Waals surface area contributed by atoms with Gasteiger partial charge in [-0.3, -0.25) is 14.2 Å². The molecule has 0 aliphatic rings. The average Bonchev–Trinajstić information content (AvgIpc) is 3.42. The van der Waals surface area contributed by atoms with Gasteiger partial charge in [0.15, 0.2) is 5.16 Å². The lowest BCUT2D eigenvalue weighted by molar-refractivity contribution is -0.119. The second-order valence-electron chi connectivity index (χ2n) is 6.84. The van der Waals surface area contributed by atoms with E-state index in [-0.39, 0.29) is 23.3 Å². The molecule has 0 aliphatic carbocycles. The van der Waals surface area contributed by atoms with E-state index < -0.39 is 0 Å². The first-order valence-electron chi connectivity index (χ1n) is 9.64. The van der Waals surface area contributed by atoms with Crippen LogP contribution in [0.4, 0.5) is 0 Å². The van der Waals surface area contributed by atoms with Gasteiger partial charge in [0.05, 0.1) is 16.8 Å². The Labute approximate surface area is 186 Å². The minimum Gasteiger partial charge on any atom is -0.353 e. The summed E-state index contributed by atoms with van der Waals surface area (Å²) in [7, 11) is 0. The van der Waals surface area contributed by atoms with Crippen LogP contribution in [0.25, 0.3) is 26.3 Å². The van der Waals surface area contributed by atoms with Crippen LogP contribution >= 0.6 is 34.4 Å². The lowest BCUT2D eigenvalue weighted by Gasteiger charge is -2.14. The smallest absolute Gasteiger partial charge is 0.268 e. The minimum atomic E-state index is -0.110. The molecular weight excluding hydrogens is 434 g/mol. The topological polar surface area (TPSA) is 64.0 Å². The number of aromatic nitrogens is 2. The number of carbonyl (C=O) groups is 1. The van der Waals surface area contributed by atoms with Gasteiger partial charge < -0.3 is 5.32 Å². The molecule has 1 N–H and O–H groups in total. The molecule has 1 amide bonds. The van der Waals surface area contributed by atoms with Gasteiger partial charge in [0.25, 0.3) is 5.56 Å². The van der Waals surface area contributed by atoms with Gasteiger partial charge in [-0.2, -0.15) is 0 Å². The highest BCUT2D eigenvalue weighted by Crippen LogP contribution is 2.35. The molecule has 0 radical (unpaired) electrons. The van der Waals surface area contributed by atoms with Gasteiger partial charge >= 0.3 is 0 Å². The number of nitrogens with zero attached hydrogens (tertiary/aromatic N) is 2. The summed E-state index contributed by atoms with van der Waals surface area (Å²) in [5.41, 5.74) is 1.55. The highest BCUT2D eigenvalue weighted by molar-refractivity contribution is 7.99. The normalized spacial score (nSPS) is 12.2. The first-order valence-corrected chi connectivity index (χ1v) is 12.4. The number of hydrogen-bond donors (Lipinski definition) is 1. The van der Waals surface area contributed by atoms with Gasteiger partial charge in [0.1, 0.15) is 4.83 Å². The van der Waals surface area contributed by atoms with Gasteiger partial charge in [-0.25, -0.2) is 4.98 Å². The Kier molecular flexibility index (Phi) is 6.36. The number of amides is 1. The molecule has 0 spiro atoms. The van der Waals surface area contributed by atoms with Crippen molar-refractivity contribution in [1.82, 2.24) is 14.9 Å². The fourth-order valence-corrected chi connectivity index (χ4v) is 5.66. The van der Waals surface area contributed by atoms with E-state index in [1.54, 1.807) is 15.9 Å². The molecule has 4 rings (SSSR count). The van der Waals surface area contributed by atoms with Crippen molar-refractivity contribution in [2.45, 2.75) is 31.5 Å². The average molecular weight is 456 g/mol. The fraction of sp³-hybridized carbons (Fsp3) is 0.227.